The van der Waals surface area contributed by atoms with Gasteiger partial charge in [-0.3, -0.25) is 4.79 Å². The molecule has 0 fully saturated rings. The van der Waals surface area contributed by atoms with Crippen molar-refractivity contribution in [2.45, 2.75) is 17.9 Å². The molecule has 1 aliphatic rings. The van der Waals surface area contributed by atoms with Gasteiger partial charge < -0.3 is 10.1 Å². The van der Waals surface area contributed by atoms with E-state index in [0.717, 1.165) is 11.1 Å². The first-order chi connectivity index (χ1) is 14.5. The number of anilines is 1. The van der Waals surface area contributed by atoms with E-state index in [4.69, 9.17) is 4.74 Å². The molecule has 6 nitrogen and oxygen atoms in total. The Morgan fingerprint density at radius 2 is 1.70 bits per heavy atom. The Labute approximate surface area is 176 Å². The van der Waals surface area contributed by atoms with Crippen LogP contribution in [0, 0.1) is 0 Å². The Hall–Kier alpha value is -3.16. The standard InChI is InChI=1S/C23H22N2O4S/c1-29-21-11-8-18(9-12-21)23(26)24-20-10-7-17-13-14-25(16-19(17)15-20)30(27,28)22-5-3-2-4-6-22/h2-12,15H,13-14,16H2,1H3,(H,24,26). The number of hydrogen-bond acceptors (Lipinski definition) is 4. The molecule has 7 heteroatoms. The Kier molecular flexibility index (Phi) is 5.57. The van der Waals surface area contributed by atoms with E-state index in [1.165, 1.54) is 4.31 Å². The zero-order valence-electron chi connectivity index (χ0n) is 16.5. The van der Waals surface area contributed by atoms with Crippen LogP contribution in [-0.4, -0.2) is 32.3 Å². The molecule has 0 bridgehead atoms. The summed E-state index contributed by atoms with van der Waals surface area (Å²) in [6, 6.07) is 20.9. The van der Waals surface area contributed by atoms with Crippen LogP contribution < -0.4 is 10.1 Å². The predicted octanol–water partition coefficient (Wildman–Crippen LogP) is 3.69. The largest absolute Gasteiger partial charge is 0.497 e. The van der Waals surface area contributed by atoms with Gasteiger partial charge in [0.2, 0.25) is 10.0 Å². The van der Waals surface area contributed by atoms with E-state index < -0.39 is 10.0 Å². The van der Waals surface area contributed by atoms with E-state index in [1.54, 1.807) is 61.7 Å². The van der Waals surface area contributed by atoms with Crippen LogP contribution in [0.15, 0.2) is 77.7 Å². The maximum absolute atomic E-state index is 12.9. The molecule has 1 N–H and O–H groups in total. The maximum atomic E-state index is 12.9. The lowest BCUT2D eigenvalue weighted by Gasteiger charge is -2.28. The molecular formula is C23H22N2O4S. The van der Waals surface area contributed by atoms with Gasteiger partial charge in [0.15, 0.2) is 0 Å². The van der Waals surface area contributed by atoms with Gasteiger partial charge >= 0.3 is 0 Å². The van der Waals surface area contributed by atoms with Crippen molar-refractivity contribution in [2.75, 3.05) is 19.0 Å². The molecule has 1 aliphatic heterocycles. The van der Waals surface area contributed by atoms with E-state index in [1.807, 2.05) is 18.2 Å². The van der Waals surface area contributed by atoms with Crippen LogP contribution in [0.1, 0.15) is 21.5 Å². The van der Waals surface area contributed by atoms with Crippen molar-refractivity contribution in [3.8, 4) is 5.75 Å². The number of ether oxygens (including phenoxy) is 1. The molecule has 0 aromatic heterocycles. The molecule has 30 heavy (non-hydrogen) atoms. The molecule has 0 radical (unpaired) electrons. The molecule has 4 rings (SSSR count). The van der Waals surface area contributed by atoms with E-state index >= 15 is 0 Å². The highest BCUT2D eigenvalue weighted by atomic mass is 32.2. The lowest BCUT2D eigenvalue weighted by Crippen LogP contribution is -2.36. The van der Waals surface area contributed by atoms with Crippen molar-refractivity contribution in [1.29, 1.82) is 0 Å². The number of carbonyl (C=O) groups is 1. The van der Waals surface area contributed by atoms with Gasteiger partial charge in [-0.1, -0.05) is 24.3 Å². The minimum absolute atomic E-state index is 0.234. The van der Waals surface area contributed by atoms with Gasteiger partial charge in [-0.25, -0.2) is 8.42 Å². The van der Waals surface area contributed by atoms with Gasteiger partial charge in [-0.15, -0.1) is 0 Å². The van der Waals surface area contributed by atoms with E-state index in [2.05, 4.69) is 5.32 Å². The zero-order chi connectivity index (χ0) is 21.1. The fourth-order valence-corrected chi connectivity index (χ4v) is 4.94. The molecule has 0 aliphatic carbocycles. The Balaban J connectivity index is 1.52. The first kappa shape index (κ1) is 20.1. The molecule has 154 valence electrons. The maximum Gasteiger partial charge on any atom is 0.255 e. The van der Waals surface area contributed by atoms with Crippen LogP contribution in [0.2, 0.25) is 0 Å². The average Bonchev–Trinajstić information content (AvgIpc) is 2.79. The van der Waals surface area contributed by atoms with E-state index in [9.17, 15) is 13.2 Å². The van der Waals surface area contributed by atoms with Crippen LogP contribution in [-0.2, 0) is 23.0 Å². The van der Waals surface area contributed by atoms with Crippen LogP contribution >= 0.6 is 0 Å². The molecule has 1 heterocycles. The molecule has 0 unspecified atom stereocenters. The summed E-state index contributed by atoms with van der Waals surface area (Å²) in [5.74, 6) is 0.447. The Morgan fingerprint density at radius 1 is 0.967 bits per heavy atom. The highest BCUT2D eigenvalue weighted by Gasteiger charge is 2.28. The van der Waals surface area contributed by atoms with Crippen LogP contribution in [0.5, 0.6) is 5.75 Å². The molecule has 3 aromatic carbocycles. The zero-order valence-corrected chi connectivity index (χ0v) is 17.4. The van der Waals surface area contributed by atoms with Gasteiger partial charge in [-0.2, -0.15) is 4.31 Å². The number of rotatable bonds is 5. The van der Waals surface area contributed by atoms with Crippen LogP contribution in [0.4, 0.5) is 5.69 Å². The second kappa shape index (κ2) is 8.30. The number of methoxy groups -OCH3 is 1. The third kappa shape index (κ3) is 4.08. The van der Waals surface area contributed by atoms with Gasteiger partial charge in [0.25, 0.3) is 5.91 Å². The molecule has 1 amide bonds. The fraction of sp³-hybridized carbons (Fsp3) is 0.174. The lowest BCUT2D eigenvalue weighted by atomic mass is 10.0. The highest BCUT2D eigenvalue weighted by molar-refractivity contribution is 7.89. The van der Waals surface area contributed by atoms with Crippen molar-refractivity contribution in [3.05, 3.63) is 89.5 Å². The summed E-state index contributed by atoms with van der Waals surface area (Å²) in [6.45, 7) is 0.709. The summed E-state index contributed by atoms with van der Waals surface area (Å²) in [7, 11) is -1.98. The number of nitrogens with one attached hydrogen (secondary N) is 1. The summed E-state index contributed by atoms with van der Waals surface area (Å²) >= 11 is 0. The average molecular weight is 423 g/mol. The summed E-state index contributed by atoms with van der Waals surface area (Å²) < 4.78 is 32.5. The number of sulfonamides is 1. The van der Waals surface area contributed by atoms with Crippen molar-refractivity contribution >= 4 is 21.6 Å². The predicted molar refractivity (Wildman–Crippen MR) is 115 cm³/mol. The monoisotopic (exact) mass is 422 g/mol. The van der Waals surface area contributed by atoms with Crippen molar-refractivity contribution < 1.29 is 17.9 Å². The number of fused-ring (bicyclic) bond motifs is 1. The van der Waals surface area contributed by atoms with Crippen molar-refractivity contribution in [3.63, 3.8) is 0 Å². The molecule has 0 saturated heterocycles. The number of amides is 1. The van der Waals surface area contributed by atoms with E-state index in [0.29, 0.717) is 30.0 Å². The SMILES string of the molecule is COc1ccc(C(=O)Nc2ccc3c(c2)CN(S(=O)(=O)c2ccccc2)CC3)cc1. The molecule has 0 saturated carbocycles. The lowest BCUT2D eigenvalue weighted by molar-refractivity contribution is 0.102. The van der Waals surface area contributed by atoms with E-state index in [-0.39, 0.29) is 17.3 Å². The molecule has 0 atom stereocenters. The van der Waals surface area contributed by atoms with Crippen molar-refractivity contribution in [2.24, 2.45) is 0 Å². The summed E-state index contributed by atoms with van der Waals surface area (Å²) in [4.78, 5) is 12.8. The summed E-state index contributed by atoms with van der Waals surface area (Å²) in [6.07, 6.45) is 0.633. The summed E-state index contributed by atoms with van der Waals surface area (Å²) in [5, 5.41) is 2.88. The summed E-state index contributed by atoms with van der Waals surface area (Å²) in [5.41, 5.74) is 3.14. The Morgan fingerprint density at radius 3 is 2.40 bits per heavy atom. The van der Waals surface area contributed by atoms with Gasteiger partial charge in [0.05, 0.1) is 12.0 Å². The molecular weight excluding hydrogens is 400 g/mol. The van der Waals surface area contributed by atoms with Crippen LogP contribution in [0.25, 0.3) is 0 Å². The third-order valence-electron chi connectivity index (χ3n) is 5.17. The fourth-order valence-electron chi connectivity index (χ4n) is 3.50. The number of nitrogens with zero attached hydrogens (tertiary/aromatic N) is 1. The first-order valence-corrected chi connectivity index (χ1v) is 11.0. The minimum Gasteiger partial charge on any atom is -0.497 e. The second-order valence-corrected chi connectivity index (χ2v) is 9.01. The third-order valence-corrected chi connectivity index (χ3v) is 7.03. The second-order valence-electron chi connectivity index (χ2n) is 7.07. The quantitative estimate of drug-likeness (QED) is 0.680. The van der Waals surface area contributed by atoms with Gasteiger partial charge in [-0.05, 0) is 66.1 Å². The van der Waals surface area contributed by atoms with Gasteiger partial charge in [0, 0.05) is 24.3 Å². The highest BCUT2D eigenvalue weighted by Crippen LogP contribution is 2.27. The van der Waals surface area contributed by atoms with Gasteiger partial charge in [0.1, 0.15) is 5.75 Å². The molecule has 0 spiro atoms. The smallest absolute Gasteiger partial charge is 0.255 e. The van der Waals surface area contributed by atoms with Crippen molar-refractivity contribution in [1.82, 2.24) is 4.31 Å². The minimum atomic E-state index is -3.56. The number of carbonyl (C=O) groups excluding carboxylic acids is 1. The van der Waals surface area contributed by atoms with Crippen LogP contribution in [0.3, 0.4) is 0 Å². The number of hydrogen-bond donors (Lipinski definition) is 1. The molecule has 3 aromatic rings. The normalized spacial score (nSPS) is 14.0. The number of benzene rings is 3. The first-order valence-electron chi connectivity index (χ1n) is 9.60. The Bertz CT molecular complexity index is 1160. The topological polar surface area (TPSA) is 75.7 Å².